The predicted octanol–water partition coefficient (Wildman–Crippen LogP) is 2.27. The maximum atomic E-state index is 12.0. The van der Waals surface area contributed by atoms with Crippen LogP contribution in [0.3, 0.4) is 0 Å². The zero-order chi connectivity index (χ0) is 15.4. The molecule has 0 saturated heterocycles. The number of hydrogen-bond donors (Lipinski definition) is 2. The van der Waals surface area contributed by atoms with Crippen LogP contribution in [-0.2, 0) is 4.79 Å². The van der Waals surface area contributed by atoms with Gasteiger partial charge in [0.25, 0.3) is 0 Å². The van der Waals surface area contributed by atoms with Gasteiger partial charge in [-0.05, 0) is 33.1 Å². The fourth-order valence-corrected chi connectivity index (χ4v) is 2.43. The molecule has 6 heteroatoms. The lowest BCUT2D eigenvalue weighted by molar-refractivity contribution is -0.117. The van der Waals surface area contributed by atoms with Crippen LogP contribution in [0.15, 0.2) is 12.1 Å². The number of rotatable bonds is 7. The van der Waals surface area contributed by atoms with Crippen LogP contribution in [0.5, 0.6) is 5.75 Å². The molecule has 0 bridgehead atoms. The molecule has 1 aliphatic heterocycles. The molecule has 1 amide bonds. The molecule has 21 heavy (non-hydrogen) atoms. The Morgan fingerprint density at radius 1 is 1.43 bits per heavy atom. The van der Waals surface area contributed by atoms with Crippen molar-refractivity contribution in [2.45, 2.75) is 19.4 Å². The molecule has 0 radical (unpaired) electrons. The first-order chi connectivity index (χ1) is 10.0. The highest BCUT2D eigenvalue weighted by Crippen LogP contribution is 2.38. The second-order valence-corrected chi connectivity index (χ2v) is 5.81. The molecule has 5 nitrogen and oxygen atoms in total. The van der Waals surface area contributed by atoms with E-state index >= 15 is 0 Å². The Kier molecular flexibility index (Phi) is 5.45. The topological polar surface area (TPSA) is 53.6 Å². The van der Waals surface area contributed by atoms with Crippen LogP contribution in [-0.4, -0.2) is 44.6 Å². The second kappa shape index (κ2) is 7.11. The fourth-order valence-electron chi connectivity index (χ4n) is 2.20. The molecule has 1 aromatic rings. The number of nitrogens with one attached hydrogen (secondary N) is 2. The van der Waals surface area contributed by atoms with Crippen LogP contribution < -0.4 is 15.4 Å². The van der Waals surface area contributed by atoms with Gasteiger partial charge in [0.1, 0.15) is 18.4 Å². The second-order valence-electron chi connectivity index (χ2n) is 5.40. The number of amides is 1. The number of halogens is 1. The summed E-state index contributed by atoms with van der Waals surface area (Å²) < 4.78 is 5.68. The first-order valence-corrected chi connectivity index (χ1v) is 7.56. The zero-order valence-corrected chi connectivity index (χ0v) is 13.5. The normalized spacial score (nSPS) is 17.0. The maximum absolute atomic E-state index is 12.0. The van der Waals surface area contributed by atoms with Gasteiger partial charge in [0.05, 0.1) is 5.02 Å². The Labute approximate surface area is 130 Å². The number of ether oxygens (including phenoxy) is 1. The van der Waals surface area contributed by atoms with Crippen LogP contribution in [0.25, 0.3) is 0 Å². The first-order valence-electron chi connectivity index (χ1n) is 7.18. The van der Waals surface area contributed by atoms with E-state index < -0.39 is 0 Å². The Morgan fingerprint density at radius 2 is 2.19 bits per heavy atom. The van der Waals surface area contributed by atoms with E-state index in [2.05, 4.69) is 17.6 Å². The number of nitrogens with zero attached hydrogens (tertiary/aromatic N) is 1. The summed E-state index contributed by atoms with van der Waals surface area (Å²) in [6.07, 6.45) is 0.971. The molecule has 1 aliphatic rings. The fraction of sp³-hybridized carbons (Fsp3) is 0.533. The van der Waals surface area contributed by atoms with E-state index in [1.807, 2.05) is 25.1 Å². The average Bonchev–Trinajstić information content (AvgIpc) is 2.71. The standard InChI is InChI=1S/C15H22ClN3O2/c1-4-5-17-14-10-8-11(16)13(21-7-6-19(2)3)9-12(10)18-15(14)20/h8-9,14,17H,4-7H2,1-3H3,(H,18,20). The molecule has 1 heterocycles. The van der Waals surface area contributed by atoms with Crippen molar-refractivity contribution in [3.63, 3.8) is 0 Å². The van der Waals surface area contributed by atoms with Crippen LogP contribution in [0.2, 0.25) is 5.02 Å². The van der Waals surface area contributed by atoms with E-state index in [9.17, 15) is 4.79 Å². The van der Waals surface area contributed by atoms with Gasteiger partial charge in [-0.2, -0.15) is 0 Å². The molecule has 1 aromatic carbocycles. The van der Waals surface area contributed by atoms with Gasteiger partial charge in [0.2, 0.25) is 5.91 Å². The Morgan fingerprint density at radius 3 is 2.86 bits per heavy atom. The highest BCUT2D eigenvalue weighted by atomic mass is 35.5. The number of benzene rings is 1. The average molecular weight is 312 g/mol. The molecule has 0 aliphatic carbocycles. The van der Waals surface area contributed by atoms with E-state index in [0.717, 1.165) is 30.8 Å². The van der Waals surface area contributed by atoms with Crippen molar-refractivity contribution in [2.75, 3.05) is 39.1 Å². The van der Waals surface area contributed by atoms with Gasteiger partial charge in [0, 0.05) is 23.9 Å². The molecular weight excluding hydrogens is 290 g/mol. The van der Waals surface area contributed by atoms with Gasteiger partial charge in [-0.3, -0.25) is 4.79 Å². The third-order valence-electron chi connectivity index (χ3n) is 3.33. The summed E-state index contributed by atoms with van der Waals surface area (Å²) in [5.41, 5.74) is 1.66. The molecule has 1 unspecified atom stereocenters. The Balaban J connectivity index is 2.12. The third kappa shape index (κ3) is 3.87. The van der Waals surface area contributed by atoms with E-state index in [-0.39, 0.29) is 11.9 Å². The lowest BCUT2D eigenvalue weighted by atomic mass is 10.1. The number of likely N-dealkylation sites (N-methyl/N-ethyl adjacent to an activating group) is 1. The SMILES string of the molecule is CCCNC1C(=O)Nc2cc(OCCN(C)C)c(Cl)cc21. The number of carbonyl (C=O) groups is 1. The first kappa shape index (κ1) is 16.1. The van der Waals surface area contributed by atoms with Crippen LogP contribution in [0, 0.1) is 0 Å². The summed E-state index contributed by atoms with van der Waals surface area (Å²) in [7, 11) is 3.97. The zero-order valence-electron chi connectivity index (χ0n) is 12.7. The molecule has 2 N–H and O–H groups in total. The molecular formula is C15H22ClN3O2. The van der Waals surface area contributed by atoms with Crippen molar-refractivity contribution >= 4 is 23.2 Å². The van der Waals surface area contributed by atoms with Gasteiger partial charge >= 0.3 is 0 Å². The predicted molar refractivity (Wildman–Crippen MR) is 85.2 cm³/mol. The highest BCUT2D eigenvalue weighted by molar-refractivity contribution is 6.32. The van der Waals surface area contributed by atoms with Crippen molar-refractivity contribution in [3.05, 3.63) is 22.7 Å². The van der Waals surface area contributed by atoms with Crippen molar-refractivity contribution in [1.29, 1.82) is 0 Å². The summed E-state index contributed by atoms with van der Waals surface area (Å²) in [4.78, 5) is 14.0. The lowest BCUT2D eigenvalue weighted by Crippen LogP contribution is -2.28. The molecule has 0 aromatic heterocycles. The largest absolute Gasteiger partial charge is 0.491 e. The van der Waals surface area contributed by atoms with E-state index in [4.69, 9.17) is 16.3 Å². The highest BCUT2D eigenvalue weighted by Gasteiger charge is 2.31. The van der Waals surface area contributed by atoms with Gasteiger partial charge < -0.3 is 20.3 Å². The minimum absolute atomic E-state index is 0.0417. The van der Waals surface area contributed by atoms with Crippen LogP contribution in [0.4, 0.5) is 5.69 Å². The monoisotopic (exact) mass is 311 g/mol. The Hall–Kier alpha value is -1.30. The third-order valence-corrected chi connectivity index (χ3v) is 3.63. The van der Waals surface area contributed by atoms with Gasteiger partial charge in [-0.15, -0.1) is 0 Å². The van der Waals surface area contributed by atoms with Crippen molar-refractivity contribution in [3.8, 4) is 5.75 Å². The van der Waals surface area contributed by atoms with Crippen molar-refractivity contribution in [1.82, 2.24) is 10.2 Å². The quantitative estimate of drug-likeness (QED) is 0.811. The van der Waals surface area contributed by atoms with E-state index in [0.29, 0.717) is 17.4 Å². The minimum atomic E-state index is -0.326. The summed E-state index contributed by atoms with van der Waals surface area (Å²) in [6.45, 7) is 4.21. The minimum Gasteiger partial charge on any atom is -0.491 e. The molecule has 0 fully saturated rings. The van der Waals surface area contributed by atoms with Gasteiger partial charge in [0.15, 0.2) is 0 Å². The summed E-state index contributed by atoms with van der Waals surface area (Å²) >= 11 is 6.26. The molecule has 2 rings (SSSR count). The van der Waals surface area contributed by atoms with Crippen molar-refractivity contribution < 1.29 is 9.53 Å². The maximum Gasteiger partial charge on any atom is 0.246 e. The molecule has 116 valence electrons. The lowest BCUT2D eigenvalue weighted by Gasteiger charge is -2.14. The summed E-state index contributed by atoms with van der Waals surface area (Å²) in [5, 5.41) is 6.63. The molecule has 0 saturated carbocycles. The number of hydrogen-bond acceptors (Lipinski definition) is 4. The Bertz CT molecular complexity index is 520. The summed E-state index contributed by atoms with van der Waals surface area (Å²) in [6, 6.07) is 3.29. The summed E-state index contributed by atoms with van der Waals surface area (Å²) in [5.74, 6) is 0.564. The van der Waals surface area contributed by atoms with Gasteiger partial charge in [-0.25, -0.2) is 0 Å². The number of fused-ring (bicyclic) bond motifs is 1. The number of carbonyl (C=O) groups excluding carboxylic acids is 1. The van der Waals surface area contributed by atoms with Crippen molar-refractivity contribution in [2.24, 2.45) is 0 Å². The smallest absolute Gasteiger partial charge is 0.246 e. The molecule has 1 atom stereocenters. The van der Waals surface area contributed by atoms with Crippen LogP contribution >= 0.6 is 11.6 Å². The molecule has 0 spiro atoms. The van der Waals surface area contributed by atoms with Gasteiger partial charge in [-0.1, -0.05) is 18.5 Å². The van der Waals surface area contributed by atoms with E-state index in [1.165, 1.54) is 0 Å². The number of anilines is 1. The van der Waals surface area contributed by atoms with Crippen LogP contribution in [0.1, 0.15) is 24.9 Å². The van der Waals surface area contributed by atoms with E-state index in [1.54, 1.807) is 6.07 Å².